The third kappa shape index (κ3) is 3.29. The van der Waals surface area contributed by atoms with Crippen molar-refractivity contribution in [3.05, 3.63) is 35.6 Å². The van der Waals surface area contributed by atoms with Gasteiger partial charge in [-0.2, -0.15) is 0 Å². The Bertz CT molecular complexity index is 422. The minimum absolute atomic E-state index is 0.173. The van der Waals surface area contributed by atoms with Crippen molar-refractivity contribution >= 4 is 5.91 Å². The van der Waals surface area contributed by atoms with Crippen LogP contribution in [-0.2, 0) is 0 Å². The molecular formula is C14H19FN2O. The third-order valence-corrected chi connectivity index (χ3v) is 3.58. The average molecular weight is 250 g/mol. The second-order valence-electron chi connectivity index (χ2n) is 4.93. The number of hydrogen-bond donors (Lipinski definition) is 2. The number of rotatable bonds is 3. The minimum atomic E-state index is -0.392. The van der Waals surface area contributed by atoms with E-state index in [1.54, 1.807) is 6.07 Å². The van der Waals surface area contributed by atoms with E-state index in [0.29, 0.717) is 18.0 Å². The summed E-state index contributed by atoms with van der Waals surface area (Å²) in [6, 6.07) is 5.89. The van der Waals surface area contributed by atoms with Crippen LogP contribution in [0.25, 0.3) is 0 Å². The van der Waals surface area contributed by atoms with Gasteiger partial charge in [-0.1, -0.05) is 18.9 Å². The largest absolute Gasteiger partial charge is 0.352 e. The van der Waals surface area contributed by atoms with Gasteiger partial charge in [0.25, 0.3) is 5.91 Å². The van der Waals surface area contributed by atoms with E-state index >= 15 is 0 Å². The summed E-state index contributed by atoms with van der Waals surface area (Å²) in [4.78, 5) is 11.8. The Morgan fingerprint density at radius 1 is 1.39 bits per heavy atom. The normalized spacial score (nSPS) is 23.7. The number of nitrogens with one attached hydrogen (secondary N) is 1. The number of nitrogens with two attached hydrogens (primary N) is 1. The first-order valence-electron chi connectivity index (χ1n) is 6.46. The molecule has 0 aromatic heterocycles. The van der Waals surface area contributed by atoms with E-state index in [0.717, 1.165) is 12.8 Å². The Balaban J connectivity index is 1.88. The van der Waals surface area contributed by atoms with Gasteiger partial charge in [0.2, 0.25) is 0 Å². The number of carbonyl (C=O) groups excluding carboxylic acids is 1. The topological polar surface area (TPSA) is 55.1 Å². The molecular weight excluding hydrogens is 231 g/mol. The Hall–Kier alpha value is -1.42. The minimum Gasteiger partial charge on any atom is -0.352 e. The number of hydrogen-bond acceptors (Lipinski definition) is 2. The molecule has 1 saturated carbocycles. The number of halogens is 1. The SMILES string of the molecule is NC1CCCCC1CNC(=O)c1cccc(F)c1. The zero-order valence-electron chi connectivity index (χ0n) is 10.4. The summed E-state index contributed by atoms with van der Waals surface area (Å²) in [5.74, 6) is -0.277. The van der Waals surface area contributed by atoms with E-state index in [1.807, 2.05) is 0 Å². The molecule has 0 radical (unpaired) electrons. The molecule has 2 unspecified atom stereocenters. The smallest absolute Gasteiger partial charge is 0.251 e. The van der Waals surface area contributed by atoms with Gasteiger partial charge in [0.15, 0.2) is 0 Å². The molecule has 1 aliphatic rings. The molecule has 0 bridgehead atoms. The van der Waals surface area contributed by atoms with Gasteiger partial charge in [-0.3, -0.25) is 4.79 Å². The van der Waals surface area contributed by atoms with Crippen molar-refractivity contribution < 1.29 is 9.18 Å². The predicted octanol–water partition coefficient (Wildman–Crippen LogP) is 2.07. The van der Waals surface area contributed by atoms with E-state index in [2.05, 4.69) is 5.32 Å². The van der Waals surface area contributed by atoms with Crippen LogP contribution < -0.4 is 11.1 Å². The van der Waals surface area contributed by atoms with Crippen molar-refractivity contribution in [3.8, 4) is 0 Å². The lowest BCUT2D eigenvalue weighted by molar-refractivity contribution is 0.0941. The molecule has 18 heavy (non-hydrogen) atoms. The van der Waals surface area contributed by atoms with Gasteiger partial charge in [-0.25, -0.2) is 4.39 Å². The van der Waals surface area contributed by atoms with E-state index in [4.69, 9.17) is 5.73 Å². The molecule has 3 nitrogen and oxygen atoms in total. The lowest BCUT2D eigenvalue weighted by Crippen LogP contribution is -2.41. The van der Waals surface area contributed by atoms with Gasteiger partial charge < -0.3 is 11.1 Å². The van der Waals surface area contributed by atoms with Gasteiger partial charge in [-0.05, 0) is 37.0 Å². The third-order valence-electron chi connectivity index (χ3n) is 3.58. The number of benzene rings is 1. The highest BCUT2D eigenvalue weighted by molar-refractivity contribution is 5.94. The van der Waals surface area contributed by atoms with Crippen LogP contribution in [0.3, 0.4) is 0 Å². The Labute approximate surface area is 107 Å². The van der Waals surface area contributed by atoms with Crippen molar-refractivity contribution in [2.45, 2.75) is 31.7 Å². The maximum absolute atomic E-state index is 13.0. The van der Waals surface area contributed by atoms with Crippen molar-refractivity contribution in [2.24, 2.45) is 11.7 Å². The number of carbonyl (C=O) groups is 1. The van der Waals surface area contributed by atoms with Crippen molar-refractivity contribution in [1.82, 2.24) is 5.32 Å². The van der Waals surface area contributed by atoms with E-state index in [9.17, 15) is 9.18 Å². The van der Waals surface area contributed by atoms with Crippen molar-refractivity contribution in [1.29, 1.82) is 0 Å². The first-order chi connectivity index (χ1) is 8.66. The molecule has 1 aromatic rings. The second-order valence-corrected chi connectivity index (χ2v) is 4.93. The molecule has 98 valence electrons. The summed E-state index contributed by atoms with van der Waals surface area (Å²) >= 11 is 0. The van der Waals surface area contributed by atoms with Crippen LogP contribution in [0.4, 0.5) is 4.39 Å². The number of amides is 1. The molecule has 0 heterocycles. The molecule has 1 amide bonds. The first-order valence-corrected chi connectivity index (χ1v) is 6.46. The van der Waals surface area contributed by atoms with Gasteiger partial charge in [0.1, 0.15) is 5.82 Å². The quantitative estimate of drug-likeness (QED) is 0.863. The molecule has 1 aliphatic carbocycles. The van der Waals surface area contributed by atoms with Gasteiger partial charge >= 0.3 is 0 Å². The fraction of sp³-hybridized carbons (Fsp3) is 0.500. The van der Waals surface area contributed by atoms with E-state index in [-0.39, 0.29) is 11.9 Å². The molecule has 0 aliphatic heterocycles. The molecule has 1 aromatic carbocycles. The zero-order valence-corrected chi connectivity index (χ0v) is 10.4. The summed E-state index contributed by atoms with van der Waals surface area (Å²) in [6.45, 7) is 0.580. The standard InChI is InChI=1S/C14H19FN2O/c15-12-6-3-5-10(8-12)14(18)17-9-11-4-1-2-7-13(11)16/h3,5-6,8,11,13H,1-2,4,7,9,16H2,(H,17,18). The lowest BCUT2D eigenvalue weighted by atomic mass is 9.85. The van der Waals surface area contributed by atoms with Gasteiger partial charge in [0, 0.05) is 18.2 Å². The molecule has 3 N–H and O–H groups in total. The average Bonchev–Trinajstić information content (AvgIpc) is 2.37. The highest BCUT2D eigenvalue weighted by Gasteiger charge is 2.22. The molecule has 2 atom stereocenters. The highest BCUT2D eigenvalue weighted by atomic mass is 19.1. The van der Waals surface area contributed by atoms with Crippen LogP contribution in [0.15, 0.2) is 24.3 Å². The summed E-state index contributed by atoms with van der Waals surface area (Å²) < 4.78 is 13.0. The summed E-state index contributed by atoms with van der Waals surface area (Å²) in [7, 11) is 0. The Morgan fingerprint density at radius 3 is 2.89 bits per heavy atom. The molecule has 2 rings (SSSR count). The van der Waals surface area contributed by atoms with Crippen LogP contribution in [0.2, 0.25) is 0 Å². The molecule has 1 fully saturated rings. The van der Waals surface area contributed by atoms with Gasteiger partial charge in [-0.15, -0.1) is 0 Å². The van der Waals surface area contributed by atoms with Crippen LogP contribution in [0.5, 0.6) is 0 Å². The molecule has 0 saturated heterocycles. The van der Waals surface area contributed by atoms with Gasteiger partial charge in [0.05, 0.1) is 0 Å². The second kappa shape index (κ2) is 5.96. The summed E-state index contributed by atoms with van der Waals surface area (Å²) in [5.41, 5.74) is 6.38. The van der Waals surface area contributed by atoms with Crippen LogP contribution >= 0.6 is 0 Å². The summed E-state index contributed by atoms with van der Waals surface area (Å²) in [6.07, 6.45) is 4.44. The molecule has 4 heteroatoms. The maximum Gasteiger partial charge on any atom is 0.251 e. The fourth-order valence-electron chi connectivity index (χ4n) is 2.45. The van der Waals surface area contributed by atoms with Crippen LogP contribution in [0, 0.1) is 11.7 Å². The van der Waals surface area contributed by atoms with Crippen molar-refractivity contribution in [3.63, 3.8) is 0 Å². The zero-order chi connectivity index (χ0) is 13.0. The predicted molar refractivity (Wildman–Crippen MR) is 68.7 cm³/mol. The monoisotopic (exact) mass is 250 g/mol. The Morgan fingerprint density at radius 2 is 2.17 bits per heavy atom. The Kier molecular flexibility index (Phi) is 4.31. The van der Waals surface area contributed by atoms with Crippen LogP contribution in [0.1, 0.15) is 36.0 Å². The maximum atomic E-state index is 13.0. The fourth-order valence-corrected chi connectivity index (χ4v) is 2.45. The van der Waals surface area contributed by atoms with Crippen LogP contribution in [-0.4, -0.2) is 18.5 Å². The molecule has 0 spiro atoms. The van der Waals surface area contributed by atoms with Crippen molar-refractivity contribution in [2.75, 3.05) is 6.54 Å². The van der Waals surface area contributed by atoms with E-state index < -0.39 is 5.82 Å². The highest BCUT2D eigenvalue weighted by Crippen LogP contribution is 2.22. The van der Waals surface area contributed by atoms with E-state index in [1.165, 1.54) is 31.0 Å². The lowest BCUT2D eigenvalue weighted by Gasteiger charge is -2.28. The first kappa shape index (κ1) is 13.0. The summed E-state index contributed by atoms with van der Waals surface area (Å²) in [5, 5.41) is 2.84.